The van der Waals surface area contributed by atoms with Crippen LogP contribution in [0, 0.1) is 6.92 Å². The number of amides is 1. The van der Waals surface area contributed by atoms with Crippen LogP contribution in [-0.4, -0.2) is 39.7 Å². The highest BCUT2D eigenvalue weighted by molar-refractivity contribution is 5.92. The molecule has 0 saturated carbocycles. The van der Waals surface area contributed by atoms with Crippen LogP contribution in [0.15, 0.2) is 48.3 Å². The molecule has 0 radical (unpaired) electrons. The number of esters is 1. The highest BCUT2D eigenvalue weighted by Gasteiger charge is 2.22. The van der Waals surface area contributed by atoms with E-state index in [9.17, 15) is 9.59 Å². The molecule has 0 fully saturated rings. The molecule has 1 aromatic carbocycles. The molecule has 136 valence electrons. The first-order valence-electron chi connectivity index (χ1n) is 8.88. The van der Waals surface area contributed by atoms with Crippen LogP contribution in [0.4, 0.5) is 0 Å². The summed E-state index contributed by atoms with van der Waals surface area (Å²) in [6.45, 7) is 4.04. The molecule has 1 aromatic heterocycles. The SMILES string of the molecule is CCN(C(=O)COC(=O)c1cnn(-c2ccccc2)c1C)C1=CCCC1. The van der Waals surface area contributed by atoms with Crippen molar-refractivity contribution < 1.29 is 14.3 Å². The van der Waals surface area contributed by atoms with Gasteiger partial charge in [-0.1, -0.05) is 24.3 Å². The molecule has 3 rings (SSSR count). The van der Waals surface area contributed by atoms with Crippen molar-refractivity contribution in [2.45, 2.75) is 33.1 Å². The van der Waals surface area contributed by atoms with Gasteiger partial charge in [-0.05, 0) is 45.2 Å². The lowest BCUT2D eigenvalue weighted by Crippen LogP contribution is -2.33. The number of rotatable bonds is 6. The van der Waals surface area contributed by atoms with E-state index in [1.54, 1.807) is 16.5 Å². The summed E-state index contributed by atoms with van der Waals surface area (Å²) in [5.74, 6) is -0.725. The zero-order valence-corrected chi connectivity index (χ0v) is 15.1. The Labute approximate surface area is 153 Å². The number of ether oxygens (including phenoxy) is 1. The summed E-state index contributed by atoms with van der Waals surface area (Å²) in [4.78, 5) is 26.5. The molecule has 2 aromatic rings. The second kappa shape index (κ2) is 7.99. The van der Waals surface area contributed by atoms with Gasteiger partial charge in [-0.25, -0.2) is 9.48 Å². The molecule has 1 amide bonds. The van der Waals surface area contributed by atoms with Crippen LogP contribution in [0.1, 0.15) is 42.2 Å². The molecule has 0 saturated heterocycles. The zero-order valence-electron chi connectivity index (χ0n) is 15.1. The number of allylic oxidation sites excluding steroid dienone is 2. The third kappa shape index (κ3) is 3.69. The summed E-state index contributed by atoms with van der Waals surface area (Å²) in [6, 6.07) is 9.55. The van der Waals surface area contributed by atoms with E-state index in [-0.39, 0.29) is 12.5 Å². The second-order valence-corrected chi connectivity index (χ2v) is 6.19. The maximum Gasteiger partial charge on any atom is 0.342 e. The standard InChI is InChI=1S/C20H23N3O3/c1-3-22(16-9-7-8-10-16)19(24)14-26-20(25)18-13-21-23(15(18)2)17-11-5-4-6-12-17/h4-6,9,11-13H,3,7-8,10,14H2,1-2H3. The maximum absolute atomic E-state index is 12.4. The van der Waals surface area contributed by atoms with E-state index >= 15 is 0 Å². The van der Waals surface area contributed by atoms with E-state index < -0.39 is 5.97 Å². The highest BCUT2D eigenvalue weighted by Crippen LogP contribution is 2.21. The first-order chi connectivity index (χ1) is 12.6. The number of nitrogens with zero attached hydrogens (tertiary/aromatic N) is 3. The fourth-order valence-electron chi connectivity index (χ4n) is 3.16. The van der Waals surface area contributed by atoms with E-state index in [1.165, 1.54) is 6.20 Å². The average molecular weight is 353 g/mol. The van der Waals surface area contributed by atoms with Crippen LogP contribution in [-0.2, 0) is 9.53 Å². The van der Waals surface area contributed by atoms with Gasteiger partial charge in [-0.3, -0.25) is 4.79 Å². The summed E-state index contributed by atoms with van der Waals surface area (Å²) >= 11 is 0. The zero-order chi connectivity index (χ0) is 18.5. The monoisotopic (exact) mass is 353 g/mol. The third-order valence-electron chi connectivity index (χ3n) is 4.54. The van der Waals surface area contributed by atoms with E-state index in [2.05, 4.69) is 11.2 Å². The van der Waals surface area contributed by atoms with Gasteiger partial charge in [0, 0.05) is 12.2 Å². The normalized spacial score (nSPS) is 13.4. The van der Waals surface area contributed by atoms with Crippen LogP contribution in [0.2, 0.25) is 0 Å². The van der Waals surface area contributed by atoms with Crippen molar-refractivity contribution in [1.29, 1.82) is 0 Å². The van der Waals surface area contributed by atoms with E-state index in [0.717, 1.165) is 30.6 Å². The summed E-state index contributed by atoms with van der Waals surface area (Å²) in [6.07, 6.45) is 6.52. The Hall–Kier alpha value is -2.89. The Morgan fingerprint density at radius 3 is 2.69 bits per heavy atom. The number of benzene rings is 1. The molecule has 6 heteroatoms. The Bertz CT molecular complexity index is 824. The molecule has 1 aliphatic rings. The van der Waals surface area contributed by atoms with Crippen molar-refractivity contribution in [2.75, 3.05) is 13.2 Å². The molecular formula is C20H23N3O3. The summed E-state index contributed by atoms with van der Waals surface area (Å²) < 4.78 is 6.93. The molecule has 0 unspecified atom stereocenters. The quantitative estimate of drug-likeness (QED) is 0.748. The van der Waals surface area contributed by atoms with E-state index in [1.807, 2.05) is 37.3 Å². The number of carbonyl (C=O) groups is 2. The molecule has 0 aliphatic heterocycles. The van der Waals surface area contributed by atoms with Gasteiger partial charge < -0.3 is 9.64 Å². The van der Waals surface area contributed by atoms with Gasteiger partial charge in [0.15, 0.2) is 6.61 Å². The molecule has 1 aliphatic carbocycles. The number of likely N-dealkylation sites (N-methyl/N-ethyl adjacent to an activating group) is 1. The minimum Gasteiger partial charge on any atom is -0.452 e. The van der Waals surface area contributed by atoms with Crippen molar-refractivity contribution >= 4 is 11.9 Å². The van der Waals surface area contributed by atoms with Gasteiger partial charge in [0.05, 0.1) is 17.6 Å². The number of hydrogen-bond donors (Lipinski definition) is 0. The van der Waals surface area contributed by atoms with Crippen LogP contribution in [0.5, 0.6) is 0 Å². The molecule has 0 spiro atoms. The number of para-hydroxylation sites is 1. The van der Waals surface area contributed by atoms with Crippen LogP contribution in [0.3, 0.4) is 0 Å². The van der Waals surface area contributed by atoms with E-state index in [0.29, 0.717) is 17.8 Å². The third-order valence-corrected chi connectivity index (χ3v) is 4.54. The fraction of sp³-hybridized carbons (Fsp3) is 0.350. The molecule has 26 heavy (non-hydrogen) atoms. The van der Waals surface area contributed by atoms with Crippen molar-refractivity contribution in [1.82, 2.24) is 14.7 Å². The smallest absolute Gasteiger partial charge is 0.342 e. The molecule has 1 heterocycles. The van der Waals surface area contributed by atoms with Gasteiger partial charge >= 0.3 is 5.97 Å². The topological polar surface area (TPSA) is 64.4 Å². The second-order valence-electron chi connectivity index (χ2n) is 6.19. The number of carbonyl (C=O) groups excluding carboxylic acids is 2. The molecule has 0 N–H and O–H groups in total. The average Bonchev–Trinajstić information content (AvgIpc) is 3.31. The number of hydrogen-bond acceptors (Lipinski definition) is 4. The maximum atomic E-state index is 12.4. The van der Waals surface area contributed by atoms with E-state index in [4.69, 9.17) is 4.74 Å². The van der Waals surface area contributed by atoms with Crippen LogP contribution < -0.4 is 0 Å². The largest absolute Gasteiger partial charge is 0.452 e. The highest BCUT2D eigenvalue weighted by atomic mass is 16.5. The van der Waals surface area contributed by atoms with Crippen molar-refractivity contribution in [2.24, 2.45) is 0 Å². The van der Waals surface area contributed by atoms with Gasteiger partial charge in [-0.2, -0.15) is 5.10 Å². The molecular weight excluding hydrogens is 330 g/mol. The predicted molar refractivity (Wildman–Crippen MR) is 97.9 cm³/mol. The summed E-state index contributed by atoms with van der Waals surface area (Å²) in [7, 11) is 0. The molecule has 0 bridgehead atoms. The summed E-state index contributed by atoms with van der Waals surface area (Å²) in [5.41, 5.74) is 2.94. The lowest BCUT2D eigenvalue weighted by molar-refractivity contribution is -0.132. The van der Waals surface area contributed by atoms with Gasteiger partial charge in [0.1, 0.15) is 5.56 Å². The lowest BCUT2D eigenvalue weighted by atomic mass is 10.2. The first-order valence-corrected chi connectivity index (χ1v) is 8.88. The Kier molecular flexibility index (Phi) is 5.51. The lowest BCUT2D eigenvalue weighted by Gasteiger charge is -2.22. The van der Waals surface area contributed by atoms with Gasteiger partial charge in [0.25, 0.3) is 5.91 Å². The van der Waals surface area contributed by atoms with Crippen molar-refractivity contribution in [3.05, 3.63) is 59.6 Å². The Morgan fingerprint density at radius 1 is 1.27 bits per heavy atom. The fourth-order valence-corrected chi connectivity index (χ4v) is 3.16. The van der Waals surface area contributed by atoms with Crippen LogP contribution >= 0.6 is 0 Å². The predicted octanol–water partition coefficient (Wildman–Crippen LogP) is 3.25. The van der Waals surface area contributed by atoms with Gasteiger partial charge in [-0.15, -0.1) is 0 Å². The van der Waals surface area contributed by atoms with Gasteiger partial charge in [0.2, 0.25) is 0 Å². The first kappa shape index (κ1) is 17.9. The Balaban J connectivity index is 1.65. The summed E-state index contributed by atoms with van der Waals surface area (Å²) in [5, 5.41) is 4.26. The van der Waals surface area contributed by atoms with Crippen LogP contribution in [0.25, 0.3) is 5.69 Å². The Morgan fingerprint density at radius 2 is 2.04 bits per heavy atom. The molecule has 6 nitrogen and oxygen atoms in total. The van der Waals surface area contributed by atoms with Crippen molar-refractivity contribution in [3.63, 3.8) is 0 Å². The number of aromatic nitrogens is 2. The van der Waals surface area contributed by atoms with Crippen molar-refractivity contribution in [3.8, 4) is 5.69 Å². The minimum atomic E-state index is -0.533. The minimum absolute atomic E-state index is 0.192. The molecule has 0 atom stereocenters.